The molecule has 10 nitrogen and oxygen atoms in total. The van der Waals surface area contributed by atoms with E-state index in [9.17, 15) is 28.2 Å². The summed E-state index contributed by atoms with van der Waals surface area (Å²) < 4.78 is 31.6. The minimum atomic E-state index is -3.74. The van der Waals surface area contributed by atoms with Gasteiger partial charge in [-0.2, -0.15) is 0 Å². The van der Waals surface area contributed by atoms with Gasteiger partial charge in [0.05, 0.1) is 30.6 Å². The van der Waals surface area contributed by atoms with E-state index in [1.54, 1.807) is 42.5 Å². The van der Waals surface area contributed by atoms with Crippen LogP contribution in [0.15, 0.2) is 66.7 Å². The summed E-state index contributed by atoms with van der Waals surface area (Å²) >= 11 is 0. The number of nitrogens with two attached hydrogens (primary N) is 1. The van der Waals surface area contributed by atoms with Gasteiger partial charge in [0.2, 0.25) is 10.0 Å². The van der Waals surface area contributed by atoms with Gasteiger partial charge in [0.25, 0.3) is 5.91 Å². The molecule has 2 amide bonds. The van der Waals surface area contributed by atoms with Gasteiger partial charge in [-0.25, -0.2) is 17.9 Å². The Morgan fingerprint density at radius 1 is 1.00 bits per heavy atom. The molecule has 0 aliphatic heterocycles. The van der Waals surface area contributed by atoms with Crippen molar-refractivity contribution in [2.24, 2.45) is 0 Å². The second kappa shape index (κ2) is 13.7. The fourth-order valence-corrected chi connectivity index (χ4v) is 5.44. The van der Waals surface area contributed by atoms with Gasteiger partial charge in [-0.3, -0.25) is 4.79 Å². The number of carbonyl (C=O) groups is 2. The minimum absolute atomic E-state index is 0.0446. The Morgan fingerprint density at radius 3 is 2.26 bits per heavy atom. The molecule has 0 unspecified atom stereocenters. The van der Waals surface area contributed by atoms with E-state index in [4.69, 9.17) is 10.5 Å². The number of hydrogen-bond acceptors (Lipinski definition) is 7. The summed E-state index contributed by atoms with van der Waals surface area (Å²) in [4.78, 5) is 25.7. The van der Waals surface area contributed by atoms with Gasteiger partial charge in [-0.1, -0.05) is 48.9 Å². The zero-order valence-corrected chi connectivity index (χ0v) is 24.3. The molecule has 1 atom stereocenters. The summed E-state index contributed by atoms with van der Waals surface area (Å²) in [5.74, 6) is -0.406. The fourth-order valence-electron chi connectivity index (χ4n) is 5.00. The van der Waals surface area contributed by atoms with Crippen molar-refractivity contribution in [3.8, 4) is 16.9 Å². The van der Waals surface area contributed by atoms with Gasteiger partial charge >= 0.3 is 6.09 Å². The molecule has 1 fully saturated rings. The number of amides is 2. The molecule has 224 valence electrons. The molecule has 0 saturated heterocycles. The van der Waals surface area contributed by atoms with Crippen LogP contribution in [-0.4, -0.2) is 61.0 Å². The Morgan fingerprint density at radius 2 is 1.64 bits per heavy atom. The normalized spacial score (nSPS) is 14.6. The molecule has 0 bridgehead atoms. The van der Waals surface area contributed by atoms with E-state index >= 15 is 0 Å². The van der Waals surface area contributed by atoms with Gasteiger partial charge in [0, 0.05) is 12.2 Å². The van der Waals surface area contributed by atoms with Crippen LogP contribution in [0.5, 0.6) is 5.75 Å². The quantitative estimate of drug-likeness (QED) is 0.234. The SMILES string of the molecule is CS(=O)(=O)NC(=O)c1ccc(-c2ccc(CCN(C[C@@H](O)c3ccc(N)cc3)C(=O)O)cc2)cc1OC1CCCCC1. The number of carboxylic acid groups (broad SMARTS) is 1. The zero-order chi connectivity index (χ0) is 30.3. The van der Waals surface area contributed by atoms with Crippen LogP contribution in [0, 0.1) is 0 Å². The number of nitrogens with one attached hydrogen (secondary N) is 1. The first-order chi connectivity index (χ1) is 20.0. The highest BCUT2D eigenvalue weighted by molar-refractivity contribution is 7.89. The van der Waals surface area contributed by atoms with Crippen LogP contribution in [0.2, 0.25) is 0 Å². The van der Waals surface area contributed by atoms with Crippen LogP contribution in [0.4, 0.5) is 10.5 Å². The van der Waals surface area contributed by atoms with Crippen molar-refractivity contribution in [3.63, 3.8) is 0 Å². The van der Waals surface area contributed by atoms with E-state index in [0.29, 0.717) is 23.4 Å². The third-order valence-electron chi connectivity index (χ3n) is 7.29. The predicted molar refractivity (Wildman–Crippen MR) is 161 cm³/mol. The lowest BCUT2D eigenvalue weighted by Gasteiger charge is -2.24. The Bertz CT molecular complexity index is 1490. The molecule has 0 spiro atoms. The molecular formula is C31H37N3O7S. The Kier molecular flexibility index (Phi) is 10.1. The van der Waals surface area contributed by atoms with Crippen molar-refractivity contribution < 1.29 is 33.0 Å². The van der Waals surface area contributed by atoms with Crippen LogP contribution >= 0.6 is 0 Å². The lowest BCUT2D eigenvalue weighted by Crippen LogP contribution is -2.35. The minimum Gasteiger partial charge on any atom is -0.490 e. The number of anilines is 1. The molecule has 3 aromatic carbocycles. The maximum Gasteiger partial charge on any atom is 0.407 e. The molecule has 1 aliphatic carbocycles. The molecule has 4 rings (SSSR count). The number of ether oxygens (including phenoxy) is 1. The number of aliphatic hydroxyl groups excluding tert-OH is 1. The number of sulfonamides is 1. The highest BCUT2D eigenvalue weighted by atomic mass is 32.2. The van der Waals surface area contributed by atoms with Gasteiger partial charge in [-0.05, 0) is 78.6 Å². The van der Waals surface area contributed by atoms with Crippen molar-refractivity contribution >= 4 is 27.7 Å². The van der Waals surface area contributed by atoms with E-state index in [1.807, 2.05) is 29.0 Å². The van der Waals surface area contributed by atoms with Crippen molar-refractivity contribution in [2.75, 3.05) is 25.1 Å². The first-order valence-corrected chi connectivity index (χ1v) is 15.8. The zero-order valence-electron chi connectivity index (χ0n) is 23.5. The molecule has 0 aromatic heterocycles. The molecule has 1 aliphatic rings. The Labute approximate surface area is 246 Å². The monoisotopic (exact) mass is 595 g/mol. The Balaban J connectivity index is 1.46. The average Bonchev–Trinajstić information content (AvgIpc) is 2.95. The second-order valence-electron chi connectivity index (χ2n) is 10.7. The lowest BCUT2D eigenvalue weighted by molar-refractivity contribution is 0.0967. The van der Waals surface area contributed by atoms with Gasteiger partial charge in [-0.15, -0.1) is 0 Å². The summed E-state index contributed by atoms with van der Waals surface area (Å²) in [6.45, 7) is 0.130. The first-order valence-electron chi connectivity index (χ1n) is 13.9. The van der Waals surface area contributed by atoms with Crippen molar-refractivity contribution in [2.45, 2.75) is 50.7 Å². The van der Waals surface area contributed by atoms with Gasteiger partial charge < -0.3 is 25.6 Å². The number of benzene rings is 3. The summed E-state index contributed by atoms with van der Waals surface area (Å²) in [5.41, 5.74) is 9.56. The summed E-state index contributed by atoms with van der Waals surface area (Å²) in [6.07, 6.45) is 4.20. The third-order valence-corrected chi connectivity index (χ3v) is 7.85. The van der Waals surface area contributed by atoms with E-state index in [-0.39, 0.29) is 24.8 Å². The van der Waals surface area contributed by atoms with Crippen LogP contribution in [0.1, 0.15) is 59.7 Å². The van der Waals surface area contributed by atoms with E-state index in [1.165, 1.54) is 4.90 Å². The predicted octanol–water partition coefficient (Wildman–Crippen LogP) is 4.59. The molecule has 5 N–H and O–H groups in total. The topological polar surface area (TPSA) is 159 Å². The van der Waals surface area contributed by atoms with Crippen molar-refractivity contribution in [1.29, 1.82) is 0 Å². The van der Waals surface area contributed by atoms with Crippen molar-refractivity contribution in [3.05, 3.63) is 83.4 Å². The Hall–Kier alpha value is -4.09. The van der Waals surface area contributed by atoms with E-state index in [0.717, 1.165) is 55.1 Å². The first kappa shape index (κ1) is 30.9. The summed E-state index contributed by atoms with van der Waals surface area (Å²) in [7, 11) is -3.74. The standard InChI is InChI=1S/C31H37N3O7S/c1-42(39,40)33-30(36)27-16-13-24(19-29(27)41-26-5-3-2-4-6-26)22-9-7-21(8-10-22)17-18-34(31(37)38)20-28(35)23-11-14-25(32)15-12-23/h7-16,19,26,28,35H,2-6,17-18,20,32H2,1H3,(H,33,36)(H,37,38)/t28-/m1/s1. The lowest BCUT2D eigenvalue weighted by atomic mass is 9.97. The number of nitrogen functional groups attached to an aromatic ring is 1. The molecule has 0 radical (unpaired) electrons. The number of hydrogen-bond donors (Lipinski definition) is 4. The van der Waals surface area contributed by atoms with Gasteiger partial charge in [0.1, 0.15) is 5.75 Å². The average molecular weight is 596 g/mol. The number of carbonyl (C=O) groups excluding carboxylic acids is 1. The van der Waals surface area contributed by atoms with E-state index < -0.39 is 28.1 Å². The smallest absolute Gasteiger partial charge is 0.407 e. The van der Waals surface area contributed by atoms with Crippen LogP contribution in [0.3, 0.4) is 0 Å². The van der Waals surface area contributed by atoms with Gasteiger partial charge in [0.15, 0.2) is 0 Å². The van der Waals surface area contributed by atoms with Crippen LogP contribution < -0.4 is 15.2 Å². The molecule has 1 saturated carbocycles. The molecule has 0 heterocycles. The van der Waals surface area contributed by atoms with Crippen LogP contribution in [-0.2, 0) is 16.4 Å². The van der Waals surface area contributed by atoms with Crippen molar-refractivity contribution in [1.82, 2.24) is 9.62 Å². The number of nitrogens with zero attached hydrogens (tertiary/aromatic N) is 1. The van der Waals surface area contributed by atoms with E-state index in [2.05, 4.69) is 0 Å². The van der Waals surface area contributed by atoms with Crippen LogP contribution in [0.25, 0.3) is 11.1 Å². The maximum atomic E-state index is 12.7. The summed E-state index contributed by atoms with van der Waals surface area (Å²) in [6, 6.07) is 19.3. The molecule has 11 heteroatoms. The number of aliphatic hydroxyl groups is 1. The molecule has 3 aromatic rings. The highest BCUT2D eigenvalue weighted by Crippen LogP contribution is 2.31. The third kappa shape index (κ3) is 8.70. The largest absolute Gasteiger partial charge is 0.490 e. The molecular weight excluding hydrogens is 558 g/mol. The fraction of sp³-hybridized carbons (Fsp3) is 0.355. The maximum absolute atomic E-state index is 12.7. The number of rotatable bonds is 11. The highest BCUT2D eigenvalue weighted by Gasteiger charge is 2.22. The second-order valence-corrected chi connectivity index (χ2v) is 12.4. The summed E-state index contributed by atoms with van der Waals surface area (Å²) in [5, 5.41) is 20.2. The molecule has 42 heavy (non-hydrogen) atoms.